The predicted octanol–water partition coefficient (Wildman–Crippen LogP) is 2.93. The van der Waals surface area contributed by atoms with Gasteiger partial charge in [-0.05, 0) is 38.1 Å². The van der Waals surface area contributed by atoms with Crippen molar-refractivity contribution in [2.45, 2.75) is 18.9 Å². The third kappa shape index (κ3) is 2.87. The van der Waals surface area contributed by atoms with E-state index >= 15 is 0 Å². The van der Waals surface area contributed by atoms with Crippen LogP contribution in [0.15, 0.2) is 22.7 Å². The quantitative estimate of drug-likeness (QED) is 0.923. The molecule has 1 aromatic carbocycles. The van der Waals surface area contributed by atoms with Crippen LogP contribution in [0.5, 0.6) is 0 Å². The molecule has 1 amide bonds. The van der Waals surface area contributed by atoms with Gasteiger partial charge in [-0.15, -0.1) is 0 Å². The van der Waals surface area contributed by atoms with Crippen LogP contribution in [0.1, 0.15) is 23.2 Å². The minimum Gasteiger partial charge on any atom is -0.334 e. The molecule has 1 unspecified atom stereocenters. The molecule has 0 radical (unpaired) electrons. The molecule has 1 saturated heterocycles. The van der Waals surface area contributed by atoms with Crippen molar-refractivity contribution in [1.29, 1.82) is 0 Å². The Labute approximate surface area is 121 Å². The third-order valence-electron chi connectivity index (χ3n) is 3.24. The first kappa shape index (κ1) is 13.8. The summed E-state index contributed by atoms with van der Waals surface area (Å²) >= 11 is 9.49. The standard InChI is InChI=1S/C13H16BrClN2O/c1-16-8-10-3-2-6-17(10)13(18)11-7-9(14)4-5-12(11)15/h4-5,7,10,16H,2-3,6,8H2,1H3. The van der Waals surface area contributed by atoms with E-state index < -0.39 is 0 Å². The van der Waals surface area contributed by atoms with Crippen LogP contribution < -0.4 is 5.32 Å². The van der Waals surface area contributed by atoms with Crippen molar-refractivity contribution in [1.82, 2.24) is 10.2 Å². The van der Waals surface area contributed by atoms with Crippen LogP contribution in [-0.4, -0.2) is 37.0 Å². The second-order valence-corrected chi connectivity index (χ2v) is 5.80. The molecule has 98 valence electrons. The summed E-state index contributed by atoms with van der Waals surface area (Å²) < 4.78 is 0.875. The van der Waals surface area contributed by atoms with Crippen LogP contribution in [0.4, 0.5) is 0 Å². The zero-order valence-electron chi connectivity index (χ0n) is 10.2. The molecular formula is C13H16BrClN2O. The van der Waals surface area contributed by atoms with E-state index in [0.717, 1.165) is 30.4 Å². The topological polar surface area (TPSA) is 32.3 Å². The second kappa shape index (κ2) is 6.04. The molecule has 1 heterocycles. The number of carbonyl (C=O) groups is 1. The van der Waals surface area contributed by atoms with E-state index in [1.807, 2.05) is 18.0 Å². The van der Waals surface area contributed by atoms with Crippen LogP contribution in [-0.2, 0) is 0 Å². The number of benzene rings is 1. The van der Waals surface area contributed by atoms with Crippen molar-refractivity contribution in [2.24, 2.45) is 0 Å². The Morgan fingerprint density at radius 2 is 2.39 bits per heavy atom. The van der Waals surface area contributed by atoms with Crippen LogP contribution in [0.25, 0.3) is 0 Å². The number of halogens is 2. The molecule has 1 aliphatic heterocycles. The van der Waals surface area contributed by atoms with Gasteiger partial charge in [-0.2, -0.15) is 0 Å². The van der Waals surface area contributed by atoms with E-state index in [9.17, 15) is 4.79 Å². The monoisotopic (exact) mass is 330 g/mol. The Morgan fingerprint density at radius 1 is 1.61 bits per heavy atom. The number of likely N-dealkylation sites (N-methyl/N-ethyl adjacent to an activating group) is 1. The molecule has 0 aliphatic carbocycles. The normalized spacial score (nSPS) is 19.3. The summed E-state index contributed by atoms with van der Waals surface area (Å²) in [5, 5.41) is 3.65. The van der Waals surface area contributed by atoms with Crippen LogP contribution >= 0.6 is 27.5 Å². The van der Waals surface area contributed by atoms with E-state index in [0.29, 0.717) is 10.6 Å². The summed E-state index contributed by atoms with van der Waals surface area (Å²) in [6.07, 6.45) is 2.11. The molecule has 1 atom stereocenters. The molecule has 5 heteroatoms. The molecule has 1 aliphatic rings. The van der Waals surface area contributed by atoms with Gasteiger partial charge in [0.1, 0.15) is 0 Å². The van der Waals surface area contributed by atoms with Gasteiger partial charge in [0.15, 0.2) is 0 Å². The lowest BCUT2D eigenvalue weighted by Gasteiger charge is -2.25. The summed E-state index contributed by atoms with van der Waals surface area (Å²) in [5.41, 5.74) is 0.578. The molecular weight excluding hydrogens is 316 g/mol. The maximum atomic E-state index is 12.5. The summed E-state index contributed by atoms with van der Waals surface area (Å²) in [6.45, 7) is 1.64. The SMILES string of the molecule is CNCC1CCCN1C(=O)c1cc(Br)ccc1Cl. The Kier molecular flexibility index (Phi) is 4.65. The highest BCUT2D eigenvalue weighted by atomic mass is 79.9. The smallest absolute Gasteiger partial charge is 0.255 e. The Morgan fingerprint density at radius 3 is 3.11 bits per heavy atom. The highest BCUT2D eigenvalue weighted by molar-refractivity contribution is 9.10. The van der Waals surface area contributed by atoms with Crippen molar-refractivity contribution in [3.8, 4) is 0 Å². The predicted molar refractivity (Wildman–Crippen MR) is 77.1 cm³/mol. The van der Waals surface area contributed by atoms with Gasteiger partial charge in [0.25, 0.3) is 5.91 Å². The molecule has 2 rings (SSSR count). The summed E-state index contributed by atoms with van der Waals surface area (Å²) in [7, 11) is 1.91. The molecule has 18 heavy (non-hydrogen) atoms. The van der Waals surface area contributed by atoms with Crippen molar-refractivity contribution in [3.05, 3.63) is 33.3 Å². The molecule has 0 bridgehead atoms. The number of rotatable bonds is 3. The molecule has 0 aromatic heterocycles. The van der Waals surface area contributed by atoms with Gasteiger partial charge >= 0.3 is 0 Å². The van der Waals surface area contributed by atoms with E-state index in [-0.39, 0.29) is 11.9 Å². The number of hydrogen-bond acceptors (Lipinski definition) is 2. The van der Waals surface area contributed by atoms with Gasteiger partial charge in [0.05, 0.1) is 10.6 Å². The summed E-state index contributed by atoms with van der Waals surface area (Å²) in [5.74, 6) is 0.0269. The highest BCUT2D eigenvalue weighted by Crippen LogP contribution is 2.26. The van der Waals surface area contributed by atoms with Crippen molar-refractivity contribution < 1.29 is 4.79 Å². The fraction of sp³-hybridized carbons (Fsp3) is 0.462. The number of carbonyl (C=O) groups excluding carboxylic acids is 1. The lowest BCUT2D eigenvalue weighted by Crippen LogP contribution is -2.40. The van der Waals surface area contributed by atoms with Gasteiger partial charge in [-0.3, -0.25) is 4.79 Å². The number of likely N-dealkylation sites (tertiary alicyclic amines) is 1. The van der Waals surface area contributed by atoms with E-state index in [1.165, 1.54) is 0 Å². The lowest BCUT2D eigenvalue weighted by atomic mass is 10.1. The van der Waals surface area contributed by atoms with Gasteiger partial charge < -0.3 is 10.2 Å². The van der Waals surface area contributed by atoms with Crippen LogP contribution in [0, 0.1) is 0 Å². The fourth-order valence-corrected chi connectivity index (χ4v) is 2.93. The summed E-state index contributed by atoms with van der Waals surface area (Å²) in [6, 6.07) is 5.66. The van der Waals surface area contributed by atoms with Gasteiger partial charge in [-0.25, -0.2) is 0 Å². The minimum atomic E-state index is 0.0269. The maximum Gasteiger partial charge on any atom is 0.255 e. The van der Waals surface area contributed by atoms with Crippen molar-refractivity contribution >= 4 is 33.4 Å². The van der Waals surface area contributed by atoms with E-state index in [2.05, 4.69) is 21.2 Å². The van der Waals surface area contributed by atoms with Crippen LogP contribution in [0.3, 0.4) is 0 Å². The fourth-order valence-electron chi connectivity index (χ4n) is 2.37. The Bertz CT molecular complexity index is 453. The van der Waals surface area contributed by atoms with Gasteiger partial charge in [0, 0.05) is 23.6 Å². The Balaban J connectivity index is 2.22. The molecule has 3 nitrogen and oxygen atoms in total. The lowest BCUT2D eigenvalue weighted by molar-refractivity contribution is 0.0737. The minimum absolute atomic E-state index is 0.0269. The second-order valence-electron chi connectivity index (χ2n) is 4.48. The highest BCUT2D eigenvalue weighted by Gasteiger charge is 2.29. The van der Waals surface area contributed by atoms with Crippen LogP contribution in [0.2, 0.25) is 5.02 Å². The number of nitrogens with zero attached hydrogens (tertiary/aromatic N) is 1. The molecule has 1 fully saturated rings. The molecule has 0 saturated carbocycles. The zero-order chi connectivity index (χ0) is 13.1. The third-order valence-corrected chi connectivity index (χ3v) is 4.06. The molecule has 0 spiro atoms. The Hall–Kier alpha value is -0.580. The molecule has 1 N–H and O–H groups in total. The van der Waals surface area contributed by atoms with Gasteiger partial charge in [0.2, 0.25) is 0 Å². The first-order chi connectivity index (χ1) is 8.63. The maximum absolute atomic E-state index is 12.5. The summed E-state index contributed by atoms with van der Waals surface area (Å²) in [4.78, 5) is 14.4. The first-order valence-electron chi connectivity index (χ1n) is 6.04. The largest absolute Gasteiger partial charge is 0.334 e. The average molecular weight is 332 g/mol. The average Bonchev–Trinajstić information content (AvgIpc) is 2.80. The van der Waals surface area contributed by atoms with Crippen molar-refractivity contribution in [2.75, 3.05) is 20.1 Å². The molecule has 1 aromatic rings. The number of amides is 1. The first-order valence-corrected chi connectivity index (χ1v) is 7.21. The van der Waals surface area contributed by atoms with Gasteiger partial charge in [-0.1, -0.05) is 27.5 Å². The van der Waals surface area contributed by atoms with E-state index in [4.69, 9.17) is 11.6 Å². The van der Waals surface area contributed by atoms with E-state index in [1.54, 1.807) is 12.1 Å². The zero-order valence-corrected chi connectivity index (χ0v) is 12.6. The number of nitrogens with one attached hydrogen (secondary N) is 1. The number of hydrogen-bond donors (Lipinski definition) is 1. The van der Waals surface area contributed by atoms with Crippen molar-refractivity contribution in [3.63, 3.8) is 0 Å².